The highest BCUT2D eigenvalue weighted by atomic mass is 16.5. The van der Waals surface area contributed by atoms with Crippen LogP contribution in [0, 0.1) is 0 Å². The molecule has 0 aliphatic heterocycles. The summed E-state index contributed by atoms with van der Waals surface area (Å²) in [6.45, 7) is 4.00. The molecule has 22 heavy (non-hydrogen) atoms. The fourth-order valence-corrected chi connectivity index (χ4v) is 1.88. The van der Waals surface area contributed by atoms with Crippen LogP contribution in [0.2, 0.25) is 0 Å². The minimum Gasteiger partial charge on any atom is -0.459 e. The predicted octanol–water partition coefficient (Wildman–Crippen LogP) is 3.71. The zero-order valence-corrected chi connectivity index (χ0v) is 12.2. The molecular weight excluding hydrogens is 282 g/mol. The number of nitrogens with one attached hydrogen (secondary N) is 1. The Morgan fingerprint density at radius 2 is 1.95 bits per heavy atom. The quantitative estimate of drug-likeness (QED) is 0.794. The van der Waals surface area contributed by atoms with Crippen LogP contribution in [0.1, 0.15) is 36.1 Å². The van der Waals surface area contributed by atoms with E-state index in [1.54, 1.807) is 24.3 Å². The van der Waals surface area contributed by atoms with Crippen LogP contribution in [-0.2, 0) is 0 Å². The normalized spacial score (nSPS) is 10.9. The molecule has 112 valence electrons. The number of aromatic nitrogens is 2. The zero-order valence-electron chi connectivity index (χ0n) is 12.2. The summed E-state index contributed by atoms with van der Waals surface area (Å²) in [5.74, 6) is 1.32. The van der Waals surface area contributed by atoms with Gasteiger partial charge >= 0.3 is 0 Å². The van der Waals surface area contributed by atoms with Gasteiger partial charge in [-0.1, -0.05) is 19.0 Å². The Morgan fingerprint density at radius 3 is 2.55 bits per heavy atom. The van der Waals surface area contributed by atoms with Gasteiger partial charge in [0.2, 0.25) is 0 Å². The number of furan rings is 1. The molecule has 3 rings (SSSR count). The fourth-order valence-electron chi connectivity index (χ4n) is 1.88. The molecule has 0 fully saturated rings. The maximum absolute atomic E-state index is 11.9. The van der Waals surface area contributed by atoms with Gasteiger partial charge in [0.15, 0.2) is 11.6 Å². The van der Waals surface area contributed by atoms with Crippen molar-refractivity contribution in [1.82, 2.24) is 10.1 Å². The van der Waals surface area contributed by atoms with E-state index in [1.165, 1.54) is 6.26 Å². The van der Waals surface area contributed by atoms with Crippen LogP contribution in [0.15, 0.2) is 51.6 Å². The van der Waals surface area contributed by atoms with Crippen molar-refractivity contribution in [3.63, 3.8) is 0 Å². The molecule has 0 aliphatic rings. The summed E-state index contributed by atoms with van der Waals surface area (Å²) < 4.78 is 10.3. The number of anilines is 1. The van der Waals surface area contributed by atoms with E-state index in [2.05, 4.69) is 15.5 Å². The molecule has 1 N–H and O–H groups in total. The highest BCUT2D eigenvalue weighted by molar-refractivity contribution is 6.02. The maximum atomic E-state index is 11.9. The summed E-state index contributed by atoms with van der Waals surface area (Å²) in [6.07, 6.45) is 1.46. The number of hydrogen-bond acceptors (Lipinski definition) is 5. The minimum atomic E-state index is -0.294. The van der Waals surface area contributed by atoms with E-state index >= 15 is 0 Å². The van der Waals surface area contributed by atoms with Crippen LogP contribution in [0.3, 0.4) is 0 Å². The Balaban J connectivity index is 1.73. The van der Waals surface area contributed by atoms with Crippen molar-refractivity contribution in [3.05, 3.63) is 54.2 Å². The van der Waals surface area contributed by atoms with E-state index in [0.717, 1.165) is 5.56 Å². The first kappa shape index (κ1) is 14.1. The van der Waals surface area contributed by atoms with Crippen molar-refractivity contribution in [3.8, 4) is 11.5 Å². The molecule has 0 aliphatic carbocycles. The van der Waals surface area contributed by atoms with Crippen molar-refractivity contribution >= 4 is 11.6 Å². The van der Waals surface area contributed by atoms with Crippen LogP contribution < -0.4 is 5.32 Å². The number of amides is 1. The van der Waals surface area contributed by atoms with Gasteiger partial charge in [-0.3, -0.25) is 4.79 Å². The second kappa shape index (κ2) is 5.85. The number of carbonyl (C=O) groups is 1. The number of nitrogens with zero attached hydrogens (tertiary/aromatic N) is 2. The lowest BCUT2D eigenvalue weighted by Gasteiger charge is -2.03. The highest BCUT2D eigenvalue weighted by Crippen LogP contribution is 2.22. The summed E-state index contributed by atoms with van der Waals surface area (Å²) in [4.78, 5) is 16.2. The second-order valence-corrected chi connectivity index (χ2v) is 5.12. The van der Waals surface area contributed by atoms with Gasteiger partial charge in [-0.15, -0.1) is 0 Å². The first-order valence-corrected chi connectivity index (χ1v) is 6.92. The average Bonchev–Trinajstić information content (AvgIpc) is 3.20. The molecule has 1 amide bonds. The Morgan fingerprint density at radius 1 is 1.18 bits per heavy atom. The third-order valence-electron chi connectivity index (χ3n) is 3.09. The summed E-state index contributed by atoms with van der Waals surface area (Å²) in [6, 6.07) is 10.4. The minimum absolute atomic E-state index is 0.212. The highest BCUT2D eigenvalue weighted by Gasteiger charge is 2.12. The van der Waals surface area contributed by atoms with Gasteiger partial charge in [0.25, 0.3) is 11.8 Å². The summed E-state index contributed by atoms with van der Waals surface area (Å²) in [7, 11) is 0. The van der Waals surface area contributed by atoms with Gasteiger partial charge in [-0.2, -0.15) is 4.98 Å². The summed E-state index contributed by atoms with van der Waals surface area (Å²) >= 11 is 0. The SMILES string of the molecule is CC(C)c1noc(-c2ccc(NC(=O)c3ccco3)cc2)n1. The predicted molar refractivity (Wildman–Crippen MR) is 80.5 cm³/mol. The molecule has 0 saturated heterocycles. The molecule has 0 bridgehead atoms. The van der Waals surface area contributed by atoms with Gasteiger partial charge < -0.3 is 14.3 Å². The van der Waals surface area contributed by atoms with Crippen molar-refractivity contribution in [2.45, 2.75) is 19.8 Å². The molecule has 2 heterocycles. The summed E-state index contributed by atoms with van der Waals surface area (Å²) in [5, 5.41) is 6.68. The molecule has 0 spiro atoms. The van der Waals surface area contributed by atoms with Gasteiger partial charge in [0.1, 0.15) is 0 Å². The van der Waals surface area contributed by atoms with E-state index in [9.17, 15) is 4.79 Å². The van der Waals surface area contributed by atoms with Gasteiger partial charge in [0, 0.05) is 17.2 Å². The third kappa shape index (κ3) is 2.90. The Labute approximate surface area is 127 Å². The van der Waals surface area contributed by atoms with E-state index in [4.69, 9.17) is 8.94 Å². The molecule has 3 aromatic rings. The van der Waals surface area contributed by atoms with E-state index in [-0.39, 0.29) is 17.6 Å². The summed E-state index contributed by atoms with van der Waals surface area (Å²) in [5.41, 5.74) is 1.46. The first-order valence-electron chi connectivity index (χ1n) is 6.92. The fraction of sp³-hybridized carbons (Fsp3) is 0.188. The largest absolute Gasteiger partial charge is 0.459 e. The molecule has 0 atom stereocenters. The Kier molecular flexibility index (Phi) is 3.74. The average molecular weight is 297 g/mol. The lowest BCUT2D eigenvalue weighted by molar-refractivity contribution is 0.0996. The Hall–Kier alpha value is -2.89. The Bertz CT molecular complexity index is 758. The van der Waals surface area contributed by atoms with Gasteiger partial charge in [0.05, 0.1) is 6.26 Å². The van der Waals surface area contributed by atoms with Crippen LogP contribution in [0.5, 0.6) is 0 Å². The van der Waals surface area contributed by atoms with Crippen molar-refractivity contribution in [2.75, 3.05) is 5.32 Å². The molecule has 6 nitrogen and oxygen atoms in total. The molecule has 2 aromatic heterocycles. The van der Waals surface area contributed by atoms with Gasteiger partial charge in [-0.05, 0) is 36.4 Å². The van der Waals surface area contributed by atoms with Gasteiger partial charge in [-0.25, -0.2) is 0 Å². The second-order valence-electron chi connectivity index (χ2n) is 5.12. The standard InChI is InChI=1S/C16H15N3O3/c1-10(2)14-18-16(22-19-14)11-5-7-12(8-6-11)17-15(20)13-4-3-9-21-13/h3-10H,1-2H3,(H,17,20). The molecule has 0 radical (unpaired) electrons. The van der Waals surface area contributed by atoms with E-state index < -0.39 is 0 Å². The molecule has 0 saturated carbocycles. The van der Waals surface area contributed by atoms with Crippen LogP contribution in [-0.4, -0.2) is 16.0 Å². The molecule has 6 heteroatoms. The first-order chi connectivity index (χ1) is 10.6. The topological polar surface area (TPSA) is 81.2 Å². The number of rotatable bonds is 4. The number of carbonyl (C=O) groups excluding carboxylic acids is 1. The number of hydrogen-bond donors (Lipinski definition) is 1. The molecule has 0 unspecified atom stereocenters. The molecule has 1 aromatic carbocycles. The van der Waals surface area contributed by atoms with Crippen LogP contribution >= 0.6 is 0 Å². The maximum Gasteiger partial charge on any atom is 0.291 e. The van der Waals surface area contributed by atoms with Crippen molar-refractivity contribution < 1.29 is 13.7 Å². The van der Waals surface area contributed by atoms with Crippen LogP contribution in [0.25, 0.3) is 11.5 Å². The lowest BCUT2D eigenvalue weighted by Crippen LogP contribution is -2.10. The molecular formula is C16H15N3O3. The lowest BCUT2D eigenvalue weighted by atomic mass is 10.2. The van der Waals surface area contributed by atoms with Crippen molar-refractivity contribution in [1.29, 1.82) is 0 Å². The number of benzene rings is 1. The van der Waals surface area contributed by atoms with Crippen LogP contribution in [0.4, 0.5) is 5.69 Å². The van der Waals surface area contributed by atoms with E-state index in [0.29, 0.717) is 17.4 Å². The van der Waals surface area contributed by atoms with Crippen molar-refractivity contribution in [2.24, 2.45) is 0 Å². The smallest absolute Gasteiger partial charge is 0.291 e. The zero-order chi connectivity index (χ0) is 15.5. The third-order valence-corrected chi connectivity index (χ3v) is 3.09. The van der Waals surface area contributed by atoms with E-state index in [1.807, 2.05) is 26.0 Å². The monoisotopic (exact) mass is 297 g/mol.